The lowest BCUT2D eigenvalue weighted by atomic mass is 10.0. The number of hydrogen-bond donors (Lipinski definition) is 1. The molecule has 116 valence electrons. The lowest BCUT2D eigenvalue weighted by molar-refractivity contribution is 0.0936. The fourth-order valence-corrected chi connectivity index (χ4v) is 2.68. The topological polar surface area (TPSA) is 79.2 Å². The summed E-state index contributed by atoms with van der Waals surface area (Å²) in [6.45, 7) is 1.70. The predicted molar refractivity (Wildman–Crippen MR) is 73.3 cm³/mol. The first-order chi connectivity index (χ1) is 10.5. The third-order valence-electron chi connectivity index (χ3n) is 3.66. The third kappa shape index (κ3) is 2.20. The number of rotatable bonds is 2. The van der Waals surface area contributed by atoms with Gasteiger partial charge in [0.05, 0.1) is 5.69 Å². The second-order valence-corrected chi connectivity index (χ2v) is 5.05. The summed E-state index contributed by atoms with van der Waals surface area (Å²) in [6.07, 6.45) is -0.132. The Morgan fingerprint density at radius 2 is 2.27 bits per heavy atom. The van der Waals surface area contributed by atoms with Crippen LogP contribution in [0.5, 0.6) is 0 Å². The number of nitrogens with one attached hydrogen (secondary N) is 1. The van der Waals surface area contributed by atoms with Gasteiger partial charge in [-0.2, -0.15) is 0 Å². The molecule has 0 aliphatic carbocycles. The Bertz CT molecular complexity index is 782. The average Bonchev–Trinajstić information content (AvgIpc) is 2.88. The van der Waals surface area contributed by atoms with Crippen LogP contribution in [0.15, 0.2) is 21.6 Å². The highest BCUT2D eigenvalue weighted by Crippen LogP contribution is 2.30. The summed E-state index contributed by atoms with van der Waals surface area (Å²) in [5, 5.41) is 3.44. The molecule has 3 rings (SSSR count). The van der Waals surface area contributed by atoms with Crippen molar-refractivity contribution in [2.24, 2.45) is 0 Å². The maximum absolute atomic E-state index is 13.0. The molecule has 0 spiro atoms. The van der Waals surface area contributed by atoms with Crippen molar-refractivity contribution in [1.29, 1.82) is 0 Å². The highest BCUT2D eigenvalue weighted by Gasteiger charge is 2.33. The van der Waals surface area contributed by atoms with Crippen molar-refractivity contribution < 1.29 is 18.1 Å². The van der Waals surface area contributed by atoms with Crippen molar-refractivity contribution in [3.8, 4) is 0 Å². The van der Waals surface area contributed by atoms with Crippen molar-refractivity contribution in [3.63, 3.8) is 0 Å². The van der Waals surface area contributed by atoms with Crippen LogP contribution in [-0.4, -0.2) is 22.6 Å². The number of H-pyrrole nitrogens is 1. The van der Waals surface area contributed by atoms with Crippen LogP contribution in [0.3, 0.4) is 0 Å². The molecule has 8 heteroatoms. The number of hydrogen-bond acceptors (Lipinski definition) is 4. The van der Waals surface area contributed by atoms with E-state index in [0.717, 1.165) is 5.56 Å². The zero-order chi connectivity index (χ0) is 15.9. The summed E-state index contributed by atoms with van der Waals surface area (Å²) in [6, 6.07) is 1.71. The Morgan fingerprint density at radius 1 is 1.50 bits per heavy atom. The van der Waals surface area contributed by atoms with Gasteiger partial charge in [-0.1, -0.05) is 5.16 Å². The maximum atomic E-state index is 13.0. The average molecular weight is 309 g/mol. The summed E-state index contributed by atoms with van der Waals surface area (Å²) in [7, 11) is 0. The first-order valence-corrected chi connectivity index (χ1v) is 6.77. The van der Waals surface area contributed by atoms with Crippen LogP contribution < -0.4 is 10.5 Å². The van der Waals surface area contributed by atoms with Gasteiger partial charge in [-0.15, -0.1) is 0 Å². The number of carbonyl (C=O) groups is 1. The first kappa shape index (κ1) is 14.4. The van der Waals surface area contributed by atoms with Gasteiger partial charge in [-0.05, 0) is 31.4 Å². The molecule has 0 aromatic carbocycles. The van der Waals surface area contributed by atoms with Gasteiger partial charge in [0.25, 0.3) is 17.9 Å². The van der Waals surface area contributed by atoms with Crippen molar-refractivity contribution in [2.45, 2.75) is 26.2 Å². The Morgan fingerprint density at radius 3 is 3.00 bits per heavy atom. The number of nitrogens with zero attached hydrogens (tertiary/aromatic N) is 2. The number of aryl methyl sites for hydroxylation is 2. The zero-order valence-electron chi connectivity index (χ0n) is 11.7. The standard InChI is InChI=1S/C14H13F2N3O3/c1-7-9(11(12(15)16)22-18-7)14(21)19-6-2-3-8-4-5-17-13(20)10(8)19/h4-5,12H,2-3,6H2,1H3,(H,17,20). The van der Waals surface area contributed by atoms with Crippen molar-refractivity contribution >= 4 is 11.6 Å². The van der Waals surface area contributed by atoms with E-state index in [0.29, 0.717) is 12.8 Å². The molecule has 22 heavy (non-hydrogen) atoms. The number of alkyl halides is 2. The van der Waals surface area contributed by atoms with Crippen LogP contribution in [0.2, 0.25) is 0 Å². The van der Waals surface area contributed by atoms with E-state index < -0.39 is 23.7 Å². The molecule has 0 unspecified atom stereocenters. The summed E-state index contributed by atoms with van der Waals surface area (Å²) < 4.78 is 30.5. The molecule has 2 aromatic heterocycles. The number of fused-ring (bicyclic) bond motifs is 1. The molecule has 0 fully saturated rings. The largest absolute Gasteiger partial charge is 0.354 e. The Balaban J connectivity index is 2.09. The van der Waals surface area contributed by atoms with Gasteiger partial charge in [0, 0.05) is 12.7 Å². The van der Waals surface area contributed by atoms with Gasteiger partial charge in [-0.3, -0.25) is 9.59 Å². The second-order valence-electron chi connectivity index (χ2n) is 5.05. The van der Waals surface area contributed by atoms with Gasteiger partial charge < -0.3 is 14.4 Å². The monoisotopic (exact) mass is 309 g/mol. The van der Waals surface area contributed by atoms with Crippen LogP contribution in [-0.2, 0) is 6.42 Å². The minimum Gasteiger partial charge on any atom is -0.354 e. The minimum atomic E-state index is -2.95. The summed E-state index contributed by atoms with van der Waals surface area (Å²) in [5.41, 5.74) is 0.319. The summed E-state index contributed by atoms with van der Waals surface area (Å²) in [5.74, 6) is -1.45. The summed E-state index contributed by atoms with van der Waals surface area (Å²) >= 11 is 0. The van der Waals surface area contributed by atoms with Gasteiger partial charge >= 0.3 is 0 Å². The van der Waals surface area contributed by atoms with Crippen molar-refractivity contribution in [2.75, 3.05) is 11.4 Å². The van der Waals surface area contributed by atoms with E-state index in [1.807, 2.05) is 0 Å². The highest BCUT2D eigenvalue weighted by molar-refractivity contribution is 6.08. The number of pyridine rings is 1. The quantitative estimate of drug-likeness (QED) is 0.922. The molecule has 1 amide bonds. The maximum Gasteiger partial charge on any atom is 0.298 e. The Hall–Kier alpha value is -2.51. The molecule has 1 N–H and O–H groups in total. The van der Waals surface area contributed by atoms with Gasteiger partial charge in [0.2, 0.25) is 5.76 Å². The van der Waals surface area contributed by atoms with Crippen molar-refractivity contribution in [3.05, 3.63) is 45.2 Å². The molecular formula is C14H13F2N3O3. The number of aromatic amines is 1. The number of anilines is 1. The van der Waals surface area contributed by atoms with Crippen LogP contribution >= 0.6 is 0 Å². The van der Waals surface area contributed by atoms with Crippen LogP contribution in [0.4, 0.5) is 14.5 Å². The molecule has 6 nitrogen and oxygen atoms in total. The fourth-order valence-electron chi connectivity index (χ4n) is 2.68. The van der Waals surface area contributed by atoms with E-state index in [-0.39, 0.29) is 23.5 Å². The molecule has 0 saturated heterocycles. The summed E-state index contributed by atoms with van der Waals surface area (Å²) in [4.78, 5) is 28.4. The lowest BCUT2D eigenvalue weighted by Gasteiger charge is -2.28. The van der Waals surface area contributed by atoms with E-state index in [1.165, 1.54) is 18.0 Å². The molecule has 1 aliphatic heterocycles. The molecule has 3 heterocycles. The first-order valence-electron chi connectivity index (χ1n) is 6.77. The van der Waals surface area contributed by atoms with E-state index in [4.69, 9.17) is 0 Å². The molecule has 0 saturated carbocycles. The smallest absolute Gasteiger partial charge is 0.298 e. The number of aromatic nitrogens is 2. The molecule has 0 atom stereocenters. The fraction of sp³-hybridized carbons (Fsp3) is 0.357. The van der Waals surface area contributed by atoms with Gasteiger partial charge in [0.15, 0.2) is 0 Å². The Labute approximate surface area is 123 Å². The third-order valence-corrected chi connectivity index (χ3v) is 3.66. The lowest BCUT2D eigenvalue weighted by Crippen LogP contribution is -2.40. The highest BCUT2D eigenvalue weighted by atomic mass is 19.3. The number of halogens is 2. The van der Waals surface area contributed by atoms with Crippen LogP contribution in [0.1, 0.15) is 40.2 Å². The van der Waals surface area contributed by atoms with E-state index in [2.05, 4.69) is 14.7 Å². The van der Waals surface area contributed by atoms with Gasteiger partial charge in [-0.25, -0.2) is 8.78 Å². The Kier molecular flexibility index (Phi) is 3.51. The van der Waals surface area contributed by atoms with E-state index in [9.17, 15) is 18.4 Å². The van der Waals surface area contributed by atoms with Gasteiger partial charge in [0.1, 0.15) is 11.3 Å². The van der Waals surface area contributed by atoms with E-state index >= 15 is 0 Å². The molecular weight excluding hydrogens is 296 g/mol. The molecule has 1 aliphatic rings. The zero-order valence-corrected chi connectivity index (χ0v) is 11.7. The molecule has 0 bridgehead atoms. The molecule has 2 aromatic rings. The molecule has 0 radical (unpaired) electrons. The predicted octanol–water partition coefficient (Wildman–Crippen LogP) is 2.20. The van der Waals surface area contributed by atoms with Crippen molar-refractivity contribution in [1.82, 2.24) is 10.1 Å². The van der Waals surface area contributed by atoms with E-state index in [1.54, 1.807) is 6.07 Å². The number of carbonyl (C=O) groups excluding carboxylic acids is 1. The second kappa shape index (κ2) is 5.36. The van der Waals surface area contributed by atoms with Crippen LogP contribution in [0.25, 0.3) is 0 Å². The number of amides is 1. The SMILES string of the molecule is Cc1noc(C(F)F)c1C(=O)N1CCCc2cc[nH]c(=O)c21. The van der Waals surface area contributed by atoms with Crippen LogP contribution in [0, 0.1) is 6.92 Å². The minimum absolute atomic E-state index is 0.0831. The normalized spacial score (nSPS) is 14.3.